The number of carbonyl (C=O) groups excluding carboxylic acids is 1. The van der Waals surface area contributed by atoms with Crippen LogP contribution in [0, 0.1) is 5.92 Å². The maximum absolute atomic E-state index is 12.0. The predicted molar refractivity (Wildman–Crippen MR) is 111 cm³/mol. The zero-order chi connectivity index (χ0) is 19.4. The lowest BCUT2D eigenvalue weighted by molar-refractivity contribution is 0.0909. The highest BCUT2D eigenvalue weighted by molar-refractivity contribution is 6.30. The molecule has 1 fully saturated rings. The SMILES string of the molecule is C=CN=C1C(=C)C=Cc2cc(Cl)ccc2C1C1CCN(C(=O)OCC)CC1. The average Bonchev–Trinajstić information content (AvgIpc) is 2.80. The van der Waals surface area contributed by atoms with Gasteiger partial charge in [-0.1, -0.05) is 43.0 Å². The monoisotopic (exact) mass is 384 g/mol. The normalized spacial score (nSPS) is 21.7. The van der Waals surface area contributed by atoms with Crippen molar-refractivity contribution in [3.8, 4) is 0 Å². The molecule has 0 bridgehead atoms. The second kappa shape index (κ2) is 8.57. The fourth-order valence-electron chi connectivity index (χ4n) is 3.96. The van der Waals surface area contributed by atoms with E-state index in [1.165, 1.54) is 5.56 Å². The maximum Gasteiger partial charge on any atom is 0.409 e. The molecule has 1 amide bonds. The van der Waals surface area contributed by atoms with E-state index in [0.717, 1.165) is 29.7 Å². The number of allylic oxidation sites excluding steroid dienone is 2. The summed E-state index contributed by atoms with van der Waals surface area (Å²) in [6, 6.07) is 5.99. The van der Waals surface area contributed by atoms with Crippen LogP contribution in [0.15, 0.2) is 54.2 Å². The molecular weight excluding hydrogens is 360 g/mol. The van der Waals surface area contributed by atoms with Crippen LogP contribution >= 0.6 is 11.6 Å². The van der Waals surface area contributed by atoms with Crippen LogP contribution in [0.25, 0.3) is 6.08 Å². The van der Waals surface area contributed by atoms with Crippen molar-refractivity contribution in [3.05, 3.63) is 65.4 Å². The number of aliphatic imine (C=N–C) groups is 1. The molecule has 1 aromatic carbocycles. The number of hydrogen-bond donors (Lipinski definition) is 0. The minimum Gasteiger partial charge on any atom is -0.450 e. The molecule has 0 aromatic heterocycles. The summed E-state index contributed by atoms with van der Waals surface area (Å²) in [7, 11) is 0. The van der Waals surface area contributed by atoms with Crippen LogP contribution < -0.4 is 0 Å². The van der Waals surface area contributed by atoms with Gasteiger partial charge in [-0.25, -0.2) is 4.79 Å². The summed E-state index contributed by atoms with van der Waals surface area (Å²) >= 11 is 6.22. The molecule has 1 aliphatic heterocycles. The van der Waals surface area contributed by atoms with Gasteiger partial charge in [0.1, 0.15) is 0 Å². The molecule has 0 saturated carbocycles. The Kier molecular flexibility index (Phi) is 6.17. The van der Waals surface area contributed by atoms with E-state index in [9.17, 15) is 4.79 Å². The standard InChI is InChI=1S/C22H25ClN2O2/c1-4-24-21-15(3)6-7-17-14-18(23)8-9-19(17)20(21)16-10-12-25(13-11-16)22(26)27-5-2/h4,6-9,14,16,20H,1,3,5,10-13H2,2H3. The lowest BCUT2D eigenvalue weighted by Gasteiger charge is -2.36. The number of amides is 1. The third kappa shape index (κ3) is 4.16. The molecule has 4 nitrogen and oxygen atoms in total. The number of benzene rings is 1. The van der Waals surface area contributed by atoms with Crippen molar-refractivity contribution in [2.45, 2.75) is 25.7 Å². The van der Waals surface area contributed by atoms with Crippen LogP contribution in [-0.2, 0) is 4.74 Å². The molecule has 2 aliphatic rings. The summed E-state index contributed by atoms with van der Waals surface area (Å²) in [5.74, 6) is 0.452. The highest BCUT2D eigenvalue weighted by Gasteiger charge is 2.35. The Balaban J connectivity index is 1.92. The van der Waals surface area contributed by atoms with Crippen molar-refractivity contribution >= 4 is 29.5 Å². The first-order valence-electron chi connectivity index (χ1n) is 9.32. The van der Waals surface area contributed by atoms with Gasteiger partial charge in [-0.2, -0.15) is 0 Å². The van der Waals surface area contributed by atoms with Crippen molar-refractivity contribution in [2.75, 3.05) is 19.7 Å². The van der Waals surface area contributed by atoms with E-state index in [-0.39, 0.29) is 12.0 Å². The Hall–Kier alpha value is -2.33. The highest BCUT2D eigenvalue weighted by Crippen LogP contribution is 2.40. The number of fused-ring (bicyclic) bond motifs is 1. The van der Waals surface area contributed by atoms with E-state index < -0.39 is 0 Å². The second-order valence-electron chi connectivity index (χ2n) is 6.83. The number of halogens is 1. The summed E-state index contributed by atoms with van der Waals surface area (Å²) in [6.07, 6.45) is 7.16. The van der Waals surface area contributed by atoms with Gasteiger partial charge in [0.05, 0.1) is 12.3 Å². The molecule has 0 spiro atoms. The highest BCUT2D eigenvalue weighted by atomic mass is 35.5. The minimum atomic E-state index is -0.227. The van der Waals surface area contributed by atoms with Crippen molar-refractivity contribution in [1.82, 2.24) is 4.90 Å². The van der Waals surface area contributed by atoms with E-state index in [1.54, 1.807) is 11.1 Å². The van der Waals surface area contributed by atoms with Crippen molar-refractivity contribution in [2.24, 2.45) is 10.9 Å². The van der Waals surface area contributed by atoms with Gasteiger partial charge in [0.2, 0.25) is 0 Å². The lowest BCUT2D eigenvalue weighted by Crippen LogP contribution is -2.41. The second-order valence-corrected chi connectivity index (χ2v) is 7.27. The van der Waals surface area contributed by atoms with Gasteiger partial charge >= 0.3 is 6.09 Å². The molecule has 1 aliphatic carbocycles. The molecule has 1 unspecified atom stereocenters. The summed E-state index contributed by atoms with van der Waals surface area (Å²) < 4.78 is 5.14. The lowest BCUT2D eigenvalue weighted by atomic mass is 9.75. The summed E-state index contributed by atoms with van der Waals surface area (Å²) in [6.45, 7) is 11.6. The van der Waals surface area contributed by atoms with Crippen LogP contribution in [0.2, 0.25) is 5.02 Å². The number of nitrogens with zero attached hydrogens (tertiary/aromatic N) is 2. The van der Waals surface area contributed by atoms with Crippen LogP contribution in [0.3, 0.4) is 0 Å². The van der Waals surface area contributed by atoms with E-state index in [2.05, 4.69) is 30.3 Å². The molecule has 0 N–H and O–H groups in total. The number of piperidine rings is 1. The number of hydrogen-bond acceptors (Lipinski definition) is 3. The third-order valence-electron chi connectivity index (χ3n) is 5.24. The topological polar surface area (TPSA) is 41.9 Å². The zero-order valence-corrected chi connectivity index (χ0v) is 16.4. The largest absolute Gasteiger partial charge is 0.450 e. The Morgan fingerprint density at radius 1 is 1.37 bits per heavy atom. The van der Waals surface area contributed by atoms with Gasteiger partial charge in [0, 0.05) is 30.2 Å². The first kappa shape index (κ1) is 19.4. The Bertz CT molecular complexity index is 805. The molecule has 1 aromatic rings. The van der Waals surface area contributed by atoms with Crippen LogP contribution in [-0.4, -0.2) is 36.4 Å². The minimum absolute atomic E-state index is 0.0992. The molecule has 1 atom stereocenters. The van der Waals surface area contributed by atoms with Gasteiger partial charge in [-0.05, 0) is 54.5 Å². The first-order valence-corrected chi connectivity index (χ1v) is 9.70. The summed E-state index contributed by atoms with van der Waals surface area (Å²) in [5.41, 5.74) is 4.12. The predicted octanol–water partition coefficient (Wildman–Crippen LogP) is 5.46. The summed E-state index contributed by atoms with van der Waals surface area (Å²) in [5, 5.41) is 0.712. The van der Waals surface area contributed by atoms with Gasteiger partial charge in [-0.15, -0.1) is 0 Å². The van der Waals surface area contributed by atoms with Gasteiger partial charge in [0.25, 0.3) is 0 Å². The Morgan fingerprint density at radius 3 is 2.78 bits per heavy atom. The average molecular weight is 385 g/mol. The van der Waals surface area contributed by atoms with Crippen LogP contribution in [0.5, 0.6) is 0 Å². The van der Waals surface area contributed by atoms with Gasteiger partial charge < -0.3 is 9.64 Å². The summed E-state index contributed by atoms with van der Waals surface area (Å²) in [4.78, 5) is 18.4. The van der Waals surface area contributed by atoms with Gasteiger partial charge in [-0.3, -0.25) is 4.99 Å². The number of carbonyl (C=O) groups is 1. The molecular formula is C22H25ClN2O2. The Labute approximate surface area is 165 Å². The zero-order valence-electron chi connectivity index (χ0n) is 15.7. The van der Waals surface area contributed by atoms with Crippen molar-refractivity contribution in [1.29, 1.82) is 0 Å². The van der Waals surface area contributed by atoms with Crippen molar-refractivity contribution in [3.63, 3.8) is 0 Å². The van der Waals surface area contributed by atoms with Crippen LogP contribution in [0.1, 0.15) is 36.8 Å². The van der Waals surface area contributed by atoms with E-state index in [4.69, 9.17) is 16.3 Å². The first-order chi connectivity index (χ1) is 13.0. The molecule has 3 rings (SSSR count). The van der Waals surface area contributed by atoms with E-state index in [0.29, 0.717) is 30.6 Å². The smallest absolute Gasteiger partial charge is 0.409 e. The molecule has 1 heterocycles. The van der Waals surface area contributed by atoms with Gasteiger partial charge in [0.15, 0.2) is 0 Å². The fourth-order valence-corrected chi connectivity index (χ4v) is 4.15. The number of rotatable bonds is 3. The van der Waals surface area contributed by atoms with E-state index in [1.807, 2.05) is 25.1 Å². The maximum atomic E-state index is 12.0. The van der Waals surface area contributed by atoms with Crippen LogP contribution in [0.4, 0.5) is 4.79 Å². The molecule has 142 valence electrons. The Morgan fingerprint density at radius 2 is 2.11 bits per heavy atom. The van der Waals surface area contributed by atoms with Crippen molar-refractivity contribution < 1.29 is 9.53 Å². The van der Waals surface area contributed by atoms with E-state index >= 15 is 0 Å². The fraction of sp³-hybridized carbons (Fsp3) is 0.364. The molecule has 27 heavy (non-hydrogen) atoms. The molecule has 0 radical (unpaired) electrons. The third-order valence-corrected chi connectivity index (χ3v) is 5.47. The quantitative estimate of drug-likeness (QED) is 0.694. The molecule has 5 heteroatoms. The molecule has 1 saturated heterocycles. The number of ether oxygens (including phenoxy) is 1. The number of likely N-dealkylation sites (tertiary alicyclic amines) is 1.